The van der Waals surface area contributed by atoms with E-state index in [-0.39, 0.29) is 17.7 Å². The van der Waals surface area contributed by atoms with E-state index in [1.54, 1.807) is 0 Å². The van der Waals surface area contributed by atoms with E-state index in [9.17, 15) is 14.7 Å². The number of rotatable bonds is 7. The number of para-hydroxylation sites is 2. The zero-order chi connectivity index (χ0) is 25.3. The van der Waals surface area contributed by atoms with Gasteiger partial charge in [-0.3, -0.25) is 14.5 Å². The molecule has 1 aliphatic carbocycles. The lowest BCUT2D eigenvalue weighted by atomic mass is 9.78. The Kier molecular flexibility index (Phi) is 7.35. The number of carbonyl (C=O) groups is 2. The van der Waals surface area contributed by atoms with Gasteiger partial charge >= 0.3 is 0 Å². The molecule has 2 saturated heterocycles. The Labute approximate surface area is 214 Å². The summed E-state index contributed by atoms with van der Waals surface area (Å²) < 4.78 is 2.14. The standard InChI is InChI=1S/C28H41N5O3/c1-3-4-16-33-26(35)24(25(34)20-10-6-5-7-11-20)30-27(36)28(33)14-17-32(18-15-28)19-23-29-21-12-8-9-13-22(21)31(23)2/h8-9,12-13,20,24-25,34H,3-7,10-11,14-19H2,1-2H3,(H,30,36)/t24-,25-/m1/s1. The van der Waals surface area contributed by atoms with Crippen LogP contribution >= 0.6 is 0 Å². The van der Waals surface area contributed by atoms with Gasteiger partial charge < -0.3 is 19.9 Å². The number of carbonyl (C=O) groups excluding carboxylic acids is 2. The third-order valence-electron chi connectivity index (χ3n) is 8.90. The number of benzene rings is 1. The van der Waals surface area contributed by atoms with Crippen LogP contribution in [0.1, 0.15) is 70.5 Å². The highest BCUT2D eigenvalue weighted by Gasteiger charge is 2.55. The molecule has 3 heterocycles. The quantitative estimate of drug-likeness (QED) is 0.616. The van der Waals surface area contributed by atoms with Gasteiger partial charge in [-0.25, -0.2) is 4.98 Å². The van der Waals surface area contributed by atoms with Crippen LogP contribution in [0.25, 0.3) is 11.0 Å². The number of amides is 2. The maximum absolute atomic E-state index is 13.8. The smallest absolute Gasteiger partial charge is 0.248 e. The van der Waals surface area contributed by atoms with Crippen LogP contribution in [0.4, 0.5) is 0 Å². The van der Waals surface area contributed by atoms with E-state index in [2.05, 4.69) is 27.8 Å². The lowest BCUT2D eigenvalue weighted by Gasteiger charge is -2.52. The zero-order valence-corrected chi connectivity index (χ0v) is 21.8. The number of unbranched alkanes of at least 4 members (excludes halogenated alkanes) is 1. The molecule has 2 N–H and O–H groups in total. The maximum Gasteiger partial charge on any atom is 0.248 e. The van der Waals surface area contributed by atoms with Crippen molar-refractivity contribution >= 4 is 22.8 Å². The van der Waals surface area contributed by atoms with Crippen molar-refractivity contribution in [2.45, 2.75) is 88.9 Å². The summed E-state index contributed by atoms with van der Waals surface area (Å²) in [7, 11) is 2.05. The third-order valence-corrected chi connectivity index (χ3v) is 8.90. The van der Waals surface area contributed by atoms with Gasteiger partial charge in [0, 0.05) is 26.7 Å². The van der Waals surface area contributed by atoms with E-state index < -0.39 is 17.7 Å². The number of aliphatic hydroxyl groups excluding tert-OH is 1. The van der Waals surface area contributed by atoms with Gasteiger partial charge in [0.25, 0.3) is 0 Å². The van der Waals surface area contributed by atoms with Crippen molar-refractivity contribution in [2.24, 2.45) is 13.0 Å². The molecule has 8 heteroatoms. The van der Waals surface area contributed by atoms with Crippen molar-refractivity contribution in [2.75, 3.05) is 19.6 Å². The molecule has 2 aromatic rings. The largest absolute Gasteiger partial charge is 0.390 e. The highest BCUT2D eigenvalue weighted by atomic mass is 16.3. The Morgan fingerprint density at radius 3 is 2.56 bits per heavy atom. The number of nitrogens with zero attached hydrogens (tertiary/aromatic N) is 4. The summed E-state index contributed by atoms with van der Waals surface area (Å²) >= 11 is 0. The molecule has 2 aliphatic heterocycles. The van der Waals surface area contributed by atoms with E-state index in [0.717, 1.165) is 75.0 Å². The average molecular weight is 496 g/mol. The number of hydrogen-bond acceptors (Lipinski definition) is 5. The monoisotopic (exact) mass is 495 g/mol. The summed E-state index contributed by atoms with van der Waals surface area (Å²) in [5.74, 6) is 0.922. The van der Waals surface area contributed by atoms with Crippen LogP contribution in [0, 0.1) is 5.92 Å². The lowest BCUT2D eigenvalue weighted by molar-refractivity contribution is -0.166. The van der Waals surface area contributed by atoms with E-state index >= 15 is 0 Å². The fourth-order valence-corrected chi connectivity index (χ4v) is 6.57. The van der Waals surface area contributed by atoms with Crippen LogP contribution in [0.3, 0.4) is 0 Å². The molecule has 5 rings (SSSR count). The van der Waals surface area contributed by atoms with Gasteiger partial charge in [0.15, 0.2) is 0 Å². The van der Waals surface area contributed by atoms with Crippen molar-refractivity contribution in [3.63, 3.8) is 0 Å². The molecule has 36 heavy (non-hydrogen) atoms. The molecule has 3 fully saturated rings. The number of likely N-dealkylation sites (tertiary alicyclic amines) is 1. The predicted octanol–water partition coefficient (Wildman–Crippen LogP) is 2.98. The number of aromatic nitrogens is 2. The molecule has 196 valence electrons. The number of nitrogens with one attached hydrogen (secondary N) is 1. The zero-order valence-electron chi connectivity index (χ0n) is 21.8. The van der Waals surface area contributed by atoms with E-state index in [1.807, 2.05) is 30.1 Å². The molecule has 2 atom stereocenters. The second-order valence-electron chi connectivity index (χ2n) is 11.1. The number of hydrogen-bond donors (Lipinski definition) is 2. The molecule has 3 aliphatic rings. The summed E-state index contributed by atoms with van der Waals surface area (Å²) in [6.45, 7) is 4.84. The normalized spacial score (nSPS) is 24.4. The molecule has 0 bridgehead atoms. The van der Waals surface area contributed by atoms with Crippen molar-refractivity contribution in [3.05, 3.63) is 30.1 Å². The van der Waals surface area contributed by atoms with E-state index in [4.69, 9.17) is 4.98 Å². The number of piperidine rings is 1. The van der Waals surface area contributed by atoms with Crippen molar-refractivity contribution in [1.82, 2.24) is 24.7 Å². The Morgan fingerprint density at radius 2 is 1.86 bits per heavy atom. The summed E-state index contributed by atoms with van der Waals surface area (Å²) in [6.07, 6.45) is 7.42. The van der Waals surface area contributed by atoms with Crippen LogP contribution in [-0.2, 0) is 23.2 Å². The fourth-order valence-electron chi connectivity index (χ4n) is 6.57. The molecular weight excluding hydrogens is 454 g/mol. The summed E-state index contributed by atoms with van der Waals surface area (Å²) in [5, 5.41) is 14.1. The van der Waals surface area contributed by atoms with Crippen molar-refractivity contribution in [3.8, 4) is 0 Å². The van der Waals surface area contributed by atoms with Crippen molar-refractivity contribution in [1.29, 1.82) is 0 Å². The molecule has 1 saturated carbocycles. The molecule has 1 spiro atoms. The first-order valence-corrected chi connectivity index (χ1v) is 13.9. The van der Waals surface area contributed by atoms with Gasteiger partial charge in [0.1, 0.15) is 17.4 Å². The predicted molar refractivity (Wildman–Crippen MR) is 139 cm³/mol. The molecule has 0 radical (unpaired) electrons. The molecule has 1 aromatic heterocycles. The van der Waals surface area contributed by atoms with Crippen LogP contribution in [0.15, 0.2) is 24.3 Å². The fraction of sp³-hybridized carbons (Fsp3) is 0.679. The van der Waals surface area contributed by atoms with Crippen LogP contribution in [0.2, 0.25) is 0 Å². The second-order valence-corrected chi connectivity index (χ2v) is 11.1. The minimum absolute atomic E-state index is 0.0829. The first-order chi connectivity index (χ1) is 17.4. The van der Waals surface area contributed by atoms with Crippen LogP contribution < -0.4 is 5.32 Å². The molecule has 8 nitrogen and oxygen atoms in total. The average Bonchev–Trinajstić information content (AvgIpc) is 3.22. The molecule has 0 unspecified atom stereocenters. The Bertz CT molecular complexity index is 1080. The molecule has 1 aromatic carbocycles. The molecule has 2 amide bonds. The second kappa shape index (κ2) is 10.5. The Morgan fingerprint density at radius 1 is 1.14 bits per heavy atom. The number of aryl methyl sites for hydroxylation is 1. The number of aliphatic hydroxyl groups is 1. The SMILES string of the molecule is CCCCN1C(=O)[C@@H]([C@H](O)C2CCCCC2)NC(=O)C12CCN(Cc1nc3ccccc3n1C)CC2. The topological polar surface area (TPSA) is 90.7 Å². The van der Waals surface area contributed by atoms with Gasteiger partial charge in [-0.2, -0.15) is 0 Å². The van der Waals surface area contributed by atoms with Crippen LogP contribution in [0.5, 0.6) is 0 Å². The highest BCUT2D eigenvalue weighted by molar-refractivity contribution is 6.00. The van der Waals surface area contributed by atoms with Crippen LogP contribution in [-0.4, -0.2) is 73.6 Å². The van der Waals surface area contributed by atoms with Gasteiger partial charge in [-0.1, -0.05) is 44.7 Å². The van der Waals surface area contributed by atoms with Crippen molar-refractivity contribution < 1.29 is 14.7 Å². The minimum atomic E-state index is -0.822. The first kappa shape index (κ1) is 25.2. The first-order valence-electron chi connectivity index (χ1n) is 13.9. The Hall–Kier alpha value is -2.45. The van der Waals surface area contributed by atoms with Gasteiger partial charge in [0.05, 0.1) is 23.7 Å². The van der Waals surface area contributed by atoms with Gasteiger partial charge in [-0.15, -0.1) is 0 Å². The maximum atomic E-state index is 13.8. The Balaban J connectivity index is 1.31. The summed E-state index contributed by atoms with van der Waals surface area (Å²) in [4.78, 5) is 36.4. The lowest BCUT2D eigenvalue weighted by Crippen LogP contribution is -2.75. The minimum Gasteiger partial charge on any atom is -0.390 e. The van der Waals surface area contributed by atoms with Gasteiger partial charge in [-0.05, 0) is 50.2 Å². The van der Waals surface area contributed by atoms with E-state index in [0.29, 0.717) is 19.4 Å². The number of fused-ring (bicyclic) bond motifs is 1. The summed E-state index contributed by atoms with van der Waals surface area (Å²) in [6, 6.07) is 7.33. The third kappa shape index (κ3) is 4.54. The van der Waals surface area contributed by atoms with Gasteiger partial charge in [0.2, 0.25) is 11.8 Å². The highest BCUT2D eigenvalue weighted by Crippen LogP contribution is 2.36. The number of imidazole rings is 1. The van der Waals surface area contributed by atoms with E-state index in [1.165, 1.54) is 6.42 Å². The summed E-state index contributed by atoms with van der Waals surface area (Å²) in [5.41, 5.74) is 1.29. The number of piperazine rings is 1. The molecular formula is C28H41N5O3.